The molecule has 2 N–H and O–H groups in total. The minimum absolute atomic E-state index is 0. The van der Waals surface area contributed by atoms with Crippen LogP contribution in [0.5, 0.6) is 11.5 Å². The predicted octanol–water partition coefficient (Wildman–Crippen LogP) is 5.89. The standard InChI is InChI=1S/C23H25F2N3O3.2ClH/c1-13-7-8-27-17(9-13)11-18-21(14(2)26)31-22(28-18)16-5-6-19(30-23(24)25)20(10-16)29-12-15-3-4-15;;/h5-10,14-15,23H,3-4,11-12,26H2,1-2H3;2*1H. The van der Waals surface area contributed by atoms with Crippen molar-refractivity contribution in [3.05, 3.63) is 59.2 Å². The first kappa shape index (κ1) is 26.8. The lowest BCUT2D eigenvalue weighted by Crippen LogP contribution is -2.07. The van der Waals surface area contributed by atoms with E-state index < -0.39 is 6.61 Å². The van der Waals surface area contributed by atoms with Gasteiger partial charge in [-0.1, -0.05) is 0 Å². The minimum atomic E-state index is -2.94. The third kappa shape index (κ3) is 7.03. The zero-order valence-electron chi connectivity index (χ0n) is 18.3. The average Bonchev–Trinajstić information content (AvgIpc) is 3.45. The molecule has 1 aromatic carbocycles. The van der Waals surface area contributed by atoms with Crippen molar-refractivity contribution in [1.82, 2.24) is 9.97 Å². The summed E-state index contributed by atoms with van der Waals surface area (Å²) in [5.41, 5.74) is 9.35. The summed E-state index contributed by atoms with van der Waals surface area (Å²) in [4.78, 5) is 9.02. The summed E-state index contributed by atoms with van der Waals surface area (Å²) in [6.07, 6.45) is 4.39. The van der Waals surface area contributed by atoms with Crippen molar-refractivity contribution in [1.29, 1.82) is 0 Å². The van der Waals surface area contributed by atoms with Gasteiger partial charge >= 0.3 is 6.61 Å². The fourth-order valence-electron chi connectivity index (χ4n) is 3.28. The summed E-state index contributed by atoms with van der Waals surface area (Å²) in [5.74, 6) is 1.60. The molecule has 0 amide bonds. The molecule has 1 unspecified atom stereocenters. The zero-order chi connectivity index (χ0) is 22.0. The number of aromatic nitrogens is 2. The Kier molecular flexibility index (Phi) is 9.46. The molecule has 10 heteroatoms. The van der Waals surface area contributed by atoms with Crippen molar-refractivity contribution in [2.45, 2.75) is 45.8 Å². The highest BCUT2D eigenvalue weighted by Gasteiger charge is 2.24. The van der Waals surface area contributed by atoms with Crippen LogP contribution in [0, 0.1) is 12.8 Å². The summed E-state index contributed by atoms with van der Waals surface area (Å²) in [6, 6.07) is 8.23. The second kappa shape index (κ2) is 11.6. The molecule has 1 aliphatic rings. The molecule has 1 aliphatic carbocycles. The number of ether oxygens (including phenoxy) is 2. The second-order valence-corrected chi connectivity index (χ2v) is 7.91. The van der Waals surface area contributed by atoms with Crippen molar-refractivity contribution in [3.63, 3.8) is 0 Å². The van der Waals surface area contributed by atoms with Gasteiger partial charge in [-0.2, -0.15) is 8.78 Å². The number of nitrogens with two attached hydrogens (primary N) is 1. The number of oxazole rings is 1. The van der Waals surface area contributed by atoms with E-state index in [1.54, 1.807) is 18.3 Å². The van der Waals surface area contributed by atoms with E-state index >= 15 is 0 Å². The molecular weight excluding hydrogens is 475 g/mol. The number of halogens is 4. The van der Waals surface area contributed by atoms with E-state index in [1.807, 2.05) is 26.0 Å². The minimum Gasteiger partial charge on any atom is -0.489 e. The Morgan fingerprint density at radius 1 is 1.15 bits per heavy atom. The van der Waals surface area contributed by atoms with Gasteiger partial charge in [0, 0.05) is 23.9 Å². The van der Waals surface area contributed by atoms with E-state index in [1.165, 1.54) is 6.07 Å². The summed E-state index contributed by atoms with van der Waals surface area (Å²) in [6.45, 7) is 1.34. The molecule has 0 radical (unpaired) electrons. The summed E-state index contributed by atoms with van der Waals surface area (Å²) < 4.78 is 41.9. The average molecular weight is 502 g/mol. The third-order valence-electron chi connectivity index (χ3n) is 5.04. The van der Waals surface area contributed by atoms with Gasteiger partial charge in [0.2, 0.25) is 5.89 Å². The fourth-order valence-corrected chi connectivity index (χ4v) is 3.28. The van der Waals surface area contributed by atoms with Gasteiger partial charge < -0.3 is 19.6 Å². The summed E-state index contributed by atoms with van der Waals surface area (Å²) in [5, 5.41) is 0. The molecule has 1 saturated carbocycles. The van der Waals surface area contributed by atoms with Crippen molar-refractivity contribution < 1.29 is 22.7 Å². The highest BCUT2D eigenvalue weighted by atomic mass is 35.5. The number of aryl methyl sites for hydroxylation is 1. The highest BCUT2D eigenvalue weighted by molar-refractivity contribution is 5.85. The number of hydrogen-bond donors (Lipinski definition) is 1. The lowest BCUT2D eigenvalue weighted by molar-refractivity contribution is -0.0515. The van der Waals surface area contributed by atoms with Gasteiger partial charge in [-0.3, -0.25) is 4.98 Å². The van der Waals surface area contributed by atoms with Crippen LogP contribution >= 0.6 is 24.8 Å². The number of nitrogens with zero attached hydrogens (tertiary/aromatic N) is 2. The van der Waals surface area contributed by atoms with E-state index in [9.17, 15) is 8.78 Å². The third-order valence-corrected chi connectivity index (χ3v) is 5.04. The normalized spacial score (nSPS) is 13.8. The van der Waals surface area contributed by atoms with Crippen molar-refractivity contribution >= 4 is 24.8 Å². The van der Waals surface area contributed by atoms with Crippen molar-refractivity contribution in [2.75, 3.05) is 6.61 Å². The SMILES string of the molecule is Cc1ccnc(Cc2nc(-c3ccc(OC(F)F)c(OCC4CC4)c3)oc2C(C)N)c1.Cl.Cl. The molecule has 1 atom stereocenters. The topological polar surface area (TPSA) is 83.4 Å². The Bertz CT molecular complexity index is 1060. The Morgan fingerprint density at radius 3 is 2.55 bits per heavy atom. The van der Waals surface area contributed by atoms with Gasteiger partial charge in [-0.25, -0.2) is 4.98 Å². The maximum absolute atomic E-state index is 12.8. The Labute approximate surface area is 203 Å². The molecular formula is C23H27Cl2F2N3O3. The van der Waals surface area contributed by atoms with Crippen LogP contribution in [0.3, 0.4) is 0 Å². The number of rotatable bonds is 9. The fraction of sp³-hybridized carbons (Fsp3) is 0.391. The largest absolute Gasteiger partial charge is 0.489 e. The van der Waals surface area contributed by atoms with Gasteiger partial charge in [0.05, 0.1) is 18.3 Å². The van der Waals surface area contributed by atoms with Crippen molar-refractivity contribution in [3.8, 4) is 23.0 Å². The zero-order valence-corrected chi connectivity index (χ0v) is 19.9. The maximum Gasteiger partial charge on any atom is 0.387 e. The number of pyridine rings is 1. The summed E-state index contributed by atoms with van der Waals surface area (Å²) >= 11 is 0. The quantitative estimate of drug-likeness (QED) is 0.393. The second-order valence-electron chi connectivity index (χ2n) is 7.91. The molecule has 1 fully saturated rings. The molecule has 2 aromatic heterocycles. The van der Waals surface area contributed by atoms with Gasteiger partial charge in [0.25, 0.3) is 0 Å². The Morgan fingerprint density at radius 2 is 1.91 bits per heavy atom. The first-order valence-electron chi connectivity index (χ1n) is 10.3. The summed E-state index contributed by atoms with van der Waals surface area (Å²) in [7, 11) is 0. The van der Waals surface area contributed by atoms with E-state index in [0.29, 0.717) is 41.9 Å². The molecule has 4 rings (SSSR count). The van der Waals surface area contributed by atoms with Crippen LogP contribution in [0.25, 0.3) is 11.5 Å². The van der Waals surface area contributed by atoms with Crippen LogP contribution in [0.15, 0.2) is 40.9 Å². The molecule has 0 aliphatic heterocycles. The van der Waals surface area contributed by atoms with Crippen LogP contribution in [0.4, 0.5) is 8.78 Å². The van der Waals surface area contributed by atoms with Gasteiger partial charge in [0.1, 0.15) is 5.76 Å². The van der Waals surface area contributed by atoms with E-state index in [0.717, 1.165) is 24.1 Å². The molecule has 2 heterocycles. The number of alkyl halides is 2. The van der Waals surface area contributed by atoms with Crippen molar-refractivity contribution in [2.24, 2.45) is 11.7 Å². The first-order chi connectivity index (χ1) is 14.9. The Balaban J connectivity index is 0.00000193. The number of hydrogen-bond acceptors (Lipinski definition) is 6. The number of benzene rings is 1. The molecule has 6 nitrogen and oxygen atoms in total. The van der Waals surface area contributed by atoms with E-state index in [2.05, 4.69) is 14.7 Å². The lowest BCUT2D eigenvalue weighted by Gasteiger charge is -2.12. The molecule has 0 saturated heterocycles. The Hall–Kier alpha value is -2.42. The lowest BCUT2D eigenvalue weighted by atomic mass is 10.1. The smallest absolute Gasteiger partial charge is 0.387 e. The monoisotopic (exact) mass is 501 g/mol. The maximum atomic E-state index is 12.8. The van der Waals surface area contributed by atoms with Crippen LogP contribution in [-0.4, -0.2) is 23.2 Å². The van der Waals surface area contributed by atoms with Crippen LogP contribution in [0.1, 0.15) is 48.5 Å². The molecule has 3 aromatic rings. The molecule has 0 bridgehead atoms. The van der Waals surface area contributed by atoms with Gasteiger partial charge in [-0.05, 0) is 68.5 Å². The van der Waals surface area contributed by atoms with E-state index in [-0.39, 0.29) is 42.4 Å². The van der Waals surface area contributed by atoms with Crippen LogP contribution in [0.2, 0.25) is 0 Å². The predicted molar refractivity (Wildman–Crippen MR) is 126 cm³/mol. The highest BCUT2D eigenvalue weighted by Crippen LogP contribution is 2.37. The molecule has 0 spiro atoms. The molecule has 180 valence electrons. The van der Waals surface area contributed by atoms with Gasteiger partial charge in [0.15, 0.2) is 11.5 Å². The van der Waals surface area contributed by atoms with Crippen LogP contribution in [-0.2, 0) is 6.42 Å². The van der Waals surface area contributed by atoms with Gasteiger partial charge in [-0.15, -0.1) is 24.8 Å². The first-order valence-corrected chi connectivity index (χ1v) is 10.3. The molecule has 33 heavy (non-hydrogen) atoms. The van der Waals surface area contributed by atoms with Crippen LogP contribution < -0.4 is 15.2 Å². The van der Waals surface area contributed by atoms with E-state index in [4.69, 9.17) is 14.9 Å².